The van der Waals surface area contributed by atoms with Crippen LogP contribution in [0.2, 0.25) is 0 Å². The van der Waals surface area contributed by atoms with Crippen molar-refractivity contribution in [3.05, 3.63) is 71.8 Å². The minimum Gasteiger partial charge on any atom is -0.393 e. The first-order valence-corrected chi connectivity index (χ1v) is 9.64. The highest BCUT2D eigenvalue weighted by atomic mass is 16.3. The molecule has 0 aromatic heterocycles. The molecule has 25 heavy (non-hydrogen) atoms. The molecular weight excluding hydrogens is 308 g/mol. The highest BCUT2D eigenvalue weighted by Gasteiger charge is 2.30. The van der Waals surface area contributed by atoms with Crippen molar-refractivity contribution in [3.63, 3.8) is 0 Å². The number of hydrogen-bond donors (Lipinski definition) is 2. The summed E-state index contributed by atoms with van der Waals surface area (Å²) in [5.74, 6) is 0. The molecule has 136 valence electrons. The molecule has 1 atom stereocenters. The average Bonchev–Trinajstić information content (AvgIpc) is 2.65. The maximum absolute atomic E-state index is 11.4. The normalized spacial score (nSPS) is 12.9. The Kier molecular flexibility index (Phi) is 8.17. The van der Waals surface area contributed by atoms with E-state index in [1.54, 1.807) is 0 Å². The maximum atomic E-state index is 11.4. The molecule has 2 nitrogen and oxygen atoms in total. The van der Waals surface area contributed by atoms with E-state index in [-0.39, 0.29) is 6.10 Å². The van der Waals surface area contributed by atoms with Gasteiger partial charge in [-0.15, -0.1) is 0 Å². The van der Waals surface area contributed by atoms with Crippen LogP contribution in [0, 0.1) is 0 Å². The van der Waals surface area contributed by atoms with Gasteiger partial charge in [0.15, 0.2) is 0 Å². The third-order valence-electron chi connectivity index (χ3n) is 4.91. The van der Waals surface area contributed by atoms with Crippen LogP contribution in [0.15, 0.2) is 60.7 Å². The van der Waals surface area contributed by atoms with Crippen LogP contribution in [0.5, 0.6) is 0 Å². The molecule has 0 spiro atoms. The molecule has 0 aliphatic carbocycles. The summed E-state index contributed by atoms with van der Waals surface area (Å²) in [6.07, 6.45) is 8.32. The molecule has 0 bridgehead atoms. The van der Waals surface area contributed by atoms with E-state index in [0.717, 1.165) is 43.2 Å². The second-order valence-electron chi connectivity index (χ2n) is 7.10. The summed E-state index contributed by atoms with van der Waals surface area (Å²) in [6, 6.07) is 20.0. The fraction of sp³-hybridized carbons (Fsp3) is 0.478. The van der Waals surface area contributed by atoms with Gasteiger partial charge in [-0.1, -0.05) is 92.8 Å². The van der Waals surface area contributed by atoms with Crippen molar-refractivity contribution in [1.82, 2.24) is 0 Å². The van der Waals surface area contributed by atoms with Crippen molar-refractivity contribution >= 4 is 0 Å². The molecule has 2 aromatic carbocycles. The van der Waals surface area contributed by atoms with Crippen LogP contribution in [0.4, 0.5) is 0 Å². The van der Waals surface area contributed by atoms with Crippen LogP contribution < -0.4 is 0 Å². The SMILES string of the molecule is CC(O)CCCCCCCCC(O)(c1ccccc1)c1ccccc1. The Morgan fingerprint density at radius 2 is 1.16 bits per heavy atom. The predicted octanol–water partition coefficient (Wildman–Crippen LogP) is 5.42. The zero-order chi connectivity index (χ0) is 18.0. The van der Waals surface area contributed by atoms with Gasteiger partial charge in [0.1, 0.15) is 5.60 Å². The van der Waals surface area contributed by atoms with Gasteiger partial charge < -0.3 is 10.2 Å². The Hall–Kier alpha value is -1.64. The second-order valence-corrected chi connectivity index (χ2v) is 7.10. The van der Waals surface area contributed by atoms with Gasteiger partial charge in [-0.05, 0) is 37.3 Å². The summed E-state index contributed by atoms with van der Waals surface area (Å²) in [5.41, 5.74) is 1.03. The smallest absolute Gasteiger partial charge is 0.115 e. The highest BCUT2D eigenvalue weighted by molar-refractivity contribution is 5.35. The molecule has 0 heterocycles. The maximum Gasteiger partial charge on any atom is 0.115 e. The number of hydrogen-bond acceptors (Lipinski definition) is 2. The summed E-state index contributed by atoms with van der Waals surface area (Å²) >= 11 is 0. The number of benzene rings is 2. The van der Waals surface area contributed by atoms with Crippen molar-refractivity contribution in [2.75, 3.05) is 0 Å². The lowest BCUT2D eigenvalue weighted by Crippen LogP contribution is -2.27. The average molecular weight is 341 g/mol. The molecule has 1 unspecified atom stereocenters. The monoisotopic (exact) mass is 340 g/mol. The Morgan fingerprint density at radius 3 is 1.64 bits per heavy atom. The quantitative estimate of drug-likeness (QED) is 0.536. The summed E-state index contributed by atoms with van der Waals surface area (Å²) in [6.45, 7) is 1.86. The van der Waals surface area contributed by atoms with Crippen LogP contribution in [-0.2, 0) is 5.60 Å². The number of unbranched alkanes of at least 4 members (excludes halogenated alkanes) is 5. The fourth-order valence-electron chi connectivity index (χ4n) is 3.41. The topological polar surface area (TPSA) is 40.5 Å². The molecule has 2 heteroatoms. The number of rotatable bonds is 11. The van der Waals surface area contributed by atoms with Gasteiger partial charge >= 0.3 is 0 Å². The largest absolute Gasteiger partial charge is 0.393 e. The molecule has 2 aromatic rings. The van der Waals surface area contributed by atoms with E-state index in [4.69, 9.17) is 0 Å². The van der Waals surface area contributed by atoms with Gasteiger partial charge in [-0.3, -0.25) is 0 Å². The number of aliphatic hydroxyl groups excluding tert-OH is 1. The standard InChI is InChI=1S/C23H32O2/c1-20(24)14-8-4-2-3-5-13-19-23(25,21-15-9-6-10-16-21)22-17-11-7-12-18-22/h6-7,9-12,15-18,20,24-25H,2-5,8,13-14,19H2,1H3. The van der Waals surface area contributed by atoms with E-state index in [1.165, 1.54) is 19.3 Å². The van der Waals surface area contributed by atoms with Crippen molar-refractivity contribution in [2.24, 2.45) is 0 Å². The molecule has 0 radical (unpaired) electrons. The molecule has 0 aliphatic rings. The lowest BCUT2D eigenvalue weighted by molar-refractivity contribution is 0.0678. The first kappa shape index (κ1) is 19.7. The zero-order valence-corrected chi connectivity index (χ0v) is 15.4. The minimum absolute atomic E-state index is 0.174. The molecule has 2 N–H and O–H groups in total. The Bertz CT molecular complexity index is 538. The molecule has 0 saturated carbocycles. The van der Waals surface area contributed by atoms with Crippen LogP contribution in [0.3, 0.4) is 0 Å². The Labute approximate surface area is 152 Å². The second kappa shape index (κ2) is 10.4. The molecule has 2 rings (SSSR count). The molecular formula is C23H32O2. The summed E-state index contributed by atoms with van der Waals surface area (Å²) in [4.78, 5) is 0. The van der Waals surface area contributed by atoms with Crippen molar-refractivity contribution in [1.29, 1.82) is 0 Å². The lowest BCUT2D eigenvalue weighted by Gasteiger charge is -2.29. The van der Waals surface area contributed by atoms with Crippen molar-refractivity contribution in [2.45, 2.75) is 70.0 Å². The molecule has 0 saturated heterocycles. The number of aliphatic hydroxyl groups is 2. The van der Waals surface area contributed by atoms with Crippen LogP contribution in [0.25, 0.3) is 0 Å². The van der Waals surface area contributed by atoms with Gasteiger partial charge in [0, 0.05) is 0 Å². The molecule has 0 aliphatic heterocycles. The van der Waals surface area contributed by atoms with E-state index < -0.39 is 5.60 Å². The zero-order valence-electron chi connectivity index (χ0n) is 15.4. The van der Waals surface area contributed by atoms with Crippen LogP contribution in [-0.4, -0.2) is 16.3 Å². The Morgan fingerprint density at radius 1 is 0.720 bits per heavy atom. The van der Waals surface area contributed by atoms with Crippen LogP contribution in [0.1, 0.15) is 69.4 Å². The fourth-order valence-corrected chi connectivity index (χ4v) is 3.41. The van der Waals surface area contributed by atoms with Gasteiger partial charge in [0.2, 0.25) is 0 Å². The van der Waals surface area contributed by atoms with E-state index in [1.807, 2.05) is 67.6 Å². The third-order valence-corrected chi connectivity index (χ3v) is 4.91. The first-order valence-electron chi connectivity index (χ1n) is 9.64. The molecule has 0 fully saturated rings. The highest BCUT2D eigenvalue weighted by Crippen LogP contribution is 2.34. The third kappa shape index (κ3) is 6.30. The van der Waals surface area contributed by atoms with Crippen LogP contribution >= 0.6 is 0 Å². The van der Waals surface area contributed by atoms with Crippen molar-refractivity contribution in [3.8, 4) is 0 Å². The molecule has 0 amide bonds. The van der Waals surface area contributed by atoms with E-state index >= 15 is 0 Å². The van der Waals surface area contributed by atoms with E-state index in [0.29, 0.717) is 0 Å². The van der Waals surface area contributed by atoms with Gasteiger partial charge in [-0.25, -0.2) is 0 Å². The first-order chi connectivity index (χ1) is 12.1. The van der Waals surface area contributed by atoms with Gasteiger partial charge in [0.25, 0.3) is 0 Å². The van der Waals surface area contributed by atoms with E-state index in [9.17, 15) is 10.2 Å². The minimum atomic E-state index is -0.908. The van der Waals surface area contributed by atoms with Gasteiger partial charge in [0.05, 0.1) is 6.10 Å². The summed E-state index contributed by atoms with van der Waals surface area (Å²) in [5, 5.41) is 20.7. The van der Waals surface area contributed by atoms with E-state index in [2.05, 4.69) is 0 Å². The summed E-state index contributed by atoms with van der Waals surface area (Å²) in [7, 11) is 0. The predicted molar refractivity (Wildman–Crippen MR) is 104 cm³/mol. The Balaban J connectivity index is 1.86. The summed E-state index contributed by atoms with van der Waals surface area (Å²) < 4.78 is 0. The van der Waals surface area contributed by atoms with Crippen molar-refractivity contribution < 1.29 is 10.2 Å². The lowest BCUT2D eigenvalue weighted by atomic mass is 9.82. The van der Waals surface area contributed by atoms with Gasteiger partial charge in [-0.2, -0.15) is 0 Å².